The first-order chi connectivity index (χ1) is 13.3. The van der Waals surface area contributed by atoms with Gasteiger partial charge in [-0.1, -0.05) is 64.1 Å². The number of rotatable bonds is 1. The Kier molecular flexibility index (Phi) is 3.49. The van der Waals surface area contributed by atoms with E-state index in [1.807, 2.05) is 0 Å². The zero-order chi connectivity index (χ0) is 19.7. The molecule has 0 atom stereocenters. The van der Waals surface area contributed by atoms with E-state index in [1.165, 1.54) is 51.4 Å². The number of hydrogen-bond acceptors (Lipinski definition) is 1. The van der Waals surface area contributed by atoms with Gasteiger partial charge in [-0.05, 0) is 58.6 Å². The fourth-order valence-electron chi connectivity index (χ4n) is 4.96. The van der Waals surface area contributed by atoms with Gasteiger partial charge in [-0.3, -0.25) is 0 Å². The number of nitrogens with two attached hydrogens (primary N) is 1. The summed E-state index contributed by atoms with van der Waals surface area (Å²) in [7, 11) is 0. The van der Waals surface area contributed by atoms with Crippen LogP contribution in [0.1, 0.15) is 51.7 Å². The van der Waals surface area contributed by atoms with Crippen LogP contribution < -0.4 is 5.73 Å². The predicted molar refractivity (Wildman–Crippen MR) is 121 cm³/mol. The Labute approximate surface area is 166 Å². The van der Waals surface area contributed by atoms with Crippen LogP contribution in [0.5, 0.6) is 0 Å². The Balaban J connectivity index is 1.80. The Hall–Kier alpha value is -2.74. The van der Waals surface area contributed by atoms with Gasteiger partial charge in [-0.2, -0.15) is 0 Å². The van der Waals surface area contributed by atoms with Crippen molar-refractivity contribution in [3.63, 3.8) is 0 Å². The van der Waals surface area contributed by atoms with Crippen molar-refractivity contribution in [3.05, 3.63) is 65.7 Å². The number of benzene rings is 3. The van der Waals surface area contributed by atoms with Crippen molar-refractivity contribution in [1.82, 2.24) is 4.98 Å². The molecule has 0 spiro atoms. The van der Waals surface area contributed by atoms with Gasteiger partial charge in [0.15, 0.2) is 0 Å². The average Bonchev–Trinajstić information content (AvgIpc) is 3.03. The van der Waals surface area contributed by atoms with Crippen LogP contribution in [0.2, 0.25) is 0 Å². The highest BCUT2D eigenvalue weighted by atomic mass is 14.7. The van der Waals surface area contributed by atoms with Crippen molar-refractivity contribution < 1.29 is 0 Å². The summed E-state index contributed by atoms with van der Waals surface area (Å²) in [6, 6.07) is 19.7. The summed E-state index contributed by atoms with van der Waals surface area (Å²) in [5.74, 6) is 0. The number of nitrogens with one attached hydrogen (secondary N) is 1. The van der Waals surface area contributed by atoms with E-state index in [0.29, 0.717) is 0 Å². The molecule has 0 unspecified atom stereocenters. The first-order valence-corrected chi connectivity index (χ1v) is 10.2. The minimum Gasteiger partial charge on any atom is -0.399 e. The quantitative estimate of drug-likeness (QED) is 0.352. The predicted octanol–water partition coefficient (Wildman–Crippen LogP) is 6.92. The van der Waals surface area contributed by atoms with Gasteiger partial charge in [0.1, 0.15) is 0 Å². The van der Waals surface area contributed by atoms with Gasteiger partial charge in [0.2, 0.25) is 0 Å². The van der Waals surface area contributed by atoms with Gasteiger partial charge in [-0.25, -0.2) is 0 Å². The smallest absolute Gasteiger partial charge is 0.0546 e. The first-order valence-electron chi connectivity index (χ1n) is 10.2. The molecule has 142 valence electrons. The molecule has 3 N–H and O–H groups in total. The molecule has 1 aliphatic carbocycles. The lowest BCUT2D eigenvalue weighted by molar-refractivity contribution is 0.332. The third-order valence-corrected chi connectivity index (χ3v) is 6.80. The van der Waals surface area contributed by atoms with E-state index in [-0.39, 0.29) is 10.8 Å². The normalized spacial score (nSPS) is 17.7. The molecular formula is C26H28N2. The Bertz CT molecular complexity index is 1220. The summed E-state index contributed by atoms with van der Waals surface area (Å²) < 4.78 is 0. The number of aromatic nitrogens is 1. The Morgan fingerprint density at radius 1 is 0.786 bits per heavy atom. The lowest BCUT2D eigenvalue weighted by atomic mass is 9.63. The summed E-state index contributed by atoms with van der Waals surface area (Å²) >= 11 is 0. The third-order valence-electron chi connectivity index (χ3n) is 6.80. The molecule has 2 nitrogen and oxygen atoms in total. The summed E-state index contributed by atoms with van der Waals surface area (Å²) in [5.41, 5.74) is 15.3. The molecule has 0 amide bonds. The van der Waals surface area contributed by atoms with Crippen molar-refractivity contribution in [2.45, 2.75) is 51.4 Å². The zero-order valence-corrected chi connectivity index (χ0v) is 17.2. The number of fused-ring (bicyclic) bond motifs is 4. The second-order valence-electron chi connectivity index (χ2n) is 9.69. The summed E-state index contributed by atoms with van der Waals surface area (Å²) in [6.07, 6.45) is 2.45. The van der Waals surface area contributed by atoms with Gasteiger partial charge in [-0.15, -0.1) is 0 Å². The van der Waals surface area contributed by atoms with Gasteiger partial charge >= 0.3 is 0 Å². The van der Waals surface area contributed by atoms with E-state index >= 15 is 0 Å². The van der Waals surface area contributed by atoms with E-state index < -0.39 is 0 Å². The molecule has 0 radical (unpaired) electrons. The van der Waals surface area contributed by atoms with E-state index in [1.54, 1.807) is 0 Å². The van der Waals surface area contributed by atoms with Crippen molar-refractivity contribution >= 4 is 27.5 Å². The van der Waals surface area contributed by atoms with E-state index in [4.69, 9.17) is 5.73 Å². The van der Waals surface area contributed by atoms with Crippen LogP contribution >= 0.6 is 0 Å². The van der Waals surface area contributed by atoms with Crippen LogP contribution in [0.25, 0.3) is 32.9 Å². The lowest BCUT2D eigenvalue weighted by Crippen LogP contribution is -2.33. The molecule has 1 heterocycles. The summed E-state index contributed by atoms with van der Waals surface area (Å²) in [4.78, 5) is 3.63. The largest absolute Gasteiger partial charge is 0.399 e. The highest BCUT2D eigenvalue weighted by molar-refractivity contribution is 6.13. The van der Waals surface area contributed by atoms with Gasteiger partial charge in [0, 0.05) is 27.5 Å². The second-order valence-corrected chi connectivity index (χ2v) is 9.69. The fourth-order valence-corrected chi connectivity index (χ4v) is 4.96. The van der Waals surface area contributed by atoms with Gasteiger partial charge in [0.25, 0.3) is 0 Å². The maximum Gasteiger partial charge on any atom is 0.0546 e. The SMILES string of the molecule is CC1(C)CCC(C)(C)c2cc(-c3cc(N)cc4c3[nH]c3ccccc34)ccc21. The minimum absolute atomic E-state index is 0.195. The molecule has 4 aromatic rings. The van der Waals surface area contributed by atoms with E-state index in [0.717, 1.165) is 11.2 Å². The first kappa shape index (κ1) is 17.4. The molecule has 5 rings (SSSR count). The molecule has 1 aromatic heterocycles. The van der Waals surface area contributed by atoms with Crippen LogP contribution in [0.3, 0.4) is 0 Å². The van der Waals surface area contributed by atoms with E-state index in [9.17, 15) is 0 Å². The van der Waals surface area contributed by atoms with Crippen LogP contribution in [0.4, 0.5) is 5.69 Å². The molecule has 0 saturated heterocycles. The molecule has 0 aliphatic heterocycles. The number of H-pyrrole nitrogens is 1. The molecule has 1 aliphatic rings. The Morgan fingerprint density at radius 2 is 1.50 bits per heavy atom. The number of anilines is 1. The van der Waals surface area contributed by atoms with Crippen molar-refractivity contribution in [3.8, 4) is 11.1 Å². The summed E-state index contributed by atoms with van der Waals surface area (Å²) in [6.45, 7) is 9.50. The van der Waals surface area contributed by atoms with E-state index in [2.05, 4.69) is 87.3 Å². The monoisotopic (exact) mass is 368 g/mol. The van der Waals surface area contributed by atoms with Crippen LogP contribution in [-0.4, -0.2) is 4.98 Å². The highest BCUT2D eigenvalue weighted by Crippen LogP contribution is 2.47. The summed E-state index contributed by atoms with van der Waals surface area (Å²) in [5, 5.41) is 2.42. The number of hydrogen-bond donors (Lipinski definition) is 2. The number of para-hydroxylation sites is 1. The van der Waals surface area contributed by atoms with Crippen molar-refractivity contribution in [2.24, 2.45) is 0 Å². The topological polar surface area (TPSA) is 41.8 Å². The number of aromatic amines is 1. The molecule has 0 fully saturated rings. The van der Waals surface area contributed by atoms with Crippen molar-refractivity contribution in [1.29, 1.82) is 0 Å². The molecule has 0 bridgehead atoms. The van der Waals surface area contributed by atoms with Crippen LogP contribution in [-0.2, 0) is 10.8 Å². The van der Waals surface area contributed by atoms with Crippen molar-refractivity contribution in [2.75, 3.05) is 5.73 Å². The minimum atomic E-state index is 0.195. The molecule has 3 aromatic carbocycles. The number of nitrogen functional groups attached to an aromatic ring is 1. The molecule has 2 heteroatoms. The second kappa shape index (κ2) is 5.64. The van der Waals surface area contributed by atoms with Gasteiger partial charge in [0.05, 0.1) is 5.52 Å². The third kappa shape index (κ3) is 2.47. The average molecular weight is 369 g/mol. The maximum absolute atomic E-state index is 6.33. The van der Waals surface area contributed by atoms with Gasteiger partial charge < -0.3 is 10.7 Å². The lowest BCUT2D eigenvalue weighted by Gasteiger charge is -2.42. The molecular weight excluding hydrogens is 340 g/mol. The Morgan fingerprint density at radius 3 is 2.29 bits per heavy atom. The fraction of sp³-hybridized carbons (Fsp3) is 0.308. The van der Waals surface area contributed by atoms with Crippen LogP contribution in [0.15, 0.2) is 54.6 Å². The molecule has 0 saturated carbocycles. The zero-order valence-electron chi connectivity index (χ0n) is 17.2. The standard InChI is InChI=1S/C26H28N2/c1-25(2)11-12-26(3,4)22-13-16(9-10-21(22)25)19-14-17(27)15-20-18-7-5-6-8-23(18)28-24(19)20/h5-10,13-15,28H,11-12,27H2,1-4H3. The molecule has 28 heavy (non-hydrogen) atoms. The maximum atomic E-state index is 6.33. The van der Waals surface area contributed by atoms with Crippen LogP contribution in [0, 0.1) is 0 Å². The highest BCUT2D eigenvalue weighted by Gasteiger charge is 2.37.